The number of rotatable bonds is 5. The summed E-state index contributed by atoms with van der Waals surface area (Å²) in [5.41, 5.74) is 3.88. The number of hydrogen-bond acceptors (Lipinski definition) is 6. The Hall–Kier alpha value is -4.21. The largest absolute Gasteiger partial charge is 0.325 e. The highest BCUT2D eigenvalue weighted by Gasteiger charge is 2.74. The number of carbonyl (C=O) groups is 1. The molecule has 4 unspecified atom stereocenters. The van der Waals surface area contributed by atoms with Gasteiger partial charge in [-0.2, -0.15) is 0 Å². The average Bonchev–Trinajstić information content (AvgIpc) is 3.74. The average molecular weight is 611 g/mol. The van der Waals surface area contributed by atoms with Gasteiger partial charge in [0.2, 0.25) is 5.95 Å². The van der Waals surface area contributed by atoms with Crippen LogP contribution in [-0.4, -0.2) is 51.2 Å². The van der Waals surface area contributed by atoms with E-state index in [9.17, 15) is 13.6 Å². The summed E-state index contributed by atoms with van der Waals surface area (Å²) in [5, 5.41) is 7.07. The molecular weight excluding hydrogens is 582 g/mol. The molecule has 3 aromatic carbocycles. The van der Waals surface area contributed by atoms with Gasteiger partial charge in [0.25, 0.3) is 5.91 Å². The molecular formula is C34H29ClF2N6O. The standard InChI is InChI=1S/C34H29ClF2N6O/c1-38-23-13-20-11-12-34(20)28(15-23)43(34)32(44)18-5-8-22(9-6-18)41-33-40-17-19-16-39-31(29-26(36)3-2-4-27(29)37)25-14-21(35)7-10-24(25)30(19)42-33/h2-10,14,17,20,23,28,38H,11-13,15-16H2,1H3,(H,40,41,42). The fourth-order valence-corrected chi connectivity index (χ4v) is 7.78. The van der Waals surface area contributed by atoms with Gasteiger partial charge in [0, 0.05) is 45.2 Å². The molecule has 1 aromatic heterocycles. The molecule has 10 heteroatoms. The molecule has 1 spiro atoms. The van der Waals surface area contributed by atoms with E-state index in [0.717, 1.165) is 24.9 Å². The lowest BCUT2D eigenvalue weighted by Gasteiger charge is -2.42. The Labute approximate surface area is 258 Å². The Balaban J connectivity index is 1.05. The number of likely N-dealkylation sites (tertiary alicyclic amines) is 1. The molecule has 44 heavy (non-hydrogen) atoms. The Bertz CT molecular complexity index is 1840. The van der Waals surface area contributed by atoms with Gasteiger partial charge >= 0.3 is 0 Å². The lowest BCUT2D eigenvalue weighted by Crippen LogP contribution is -2.48. The second-order valence-electron chi connectivity index (χ2n) is 12.1. The van der Waals surface area contributed by atoms with Crippen LogP contribution in [0.15, 0.2) is 71.9 Å². The predicted octanol–water partition coefficient (Wildman–Crippen LogP) is 6.52. The number of anilines is 2. The summed E-state index contributed by atoms with van der Waals surface area (Å²) in [6.45, 7) is 0.136. The van der Waals surface area contributed by atoms with Crippen molar-refractivity contribution in [1.82, 2.24) is 20.2 Å². The van der Waals surface area contributed by atoms with E-state index < -0.39 is 11.6 Å². The van der Waals surface area contributed by atoms with Crippen molar-refractivity contribution in [2.45, 2.75) is 49.9 Å². The van der Waals surface area contributed by atoms with Gasteiger partial charge in [-0.05, 0) is 87.2 Å². The van der Waals surface area contributed by atoms with E-state index in [-0.39, 0.29) is 29.3 Å². The molecule has 1 saturated heterocycles. The molecule has 3 heterocycles. The van der Waals surface area contributed by atoms with Crippen LogP contribution >= 0.6 is 11.6 Å². The lowest BCUT2D eigenvalue weighted by molar-refractivity contribution is 0.0741. The third-order valence-corrected chi connectivity index (χ3v) is 10.2. The van der Waals surface area contributed by atoms with Crippen molar-refractivity contribution >= 4 is 34.9 Å². The first-order chi connectivity index (χ1) is 21.4. The number of fused-ring (bicyclic) bond motifs is 3. The van der Waals surface area contributed by atoms with Crippen molar-refractivity contribution in [3.63, 3.8) is 0 Å². The van der Waals surface area contributed by atoms with Crippen LogP contribution in [0, 0.1) is 17.6 Å². The SMILES string of the molecule is CNC1CC2CCC23C(C1)N3C(=O)c1ccc(Nc2ncc3c(n2)-c2ccc(Cl)cc2C(c2c(F)cccc2F)=NC3)cc1. The van der Waals surface area contributed by atoms with Crippen molar-refractivity contribution < 1.29 is 13.6 Å². The summed E-state index contributed by atoms with van der Waals surface area (Å²) in [5.74, 6) is -0.371. The molecule has 3 fully saturated rings. The molecule has 2 aliphatic heterocycles. The summed E-state index contributed by atoms with van der Waals surface area (Å²) < 4.78 is 29.7. The minimum atomic E-state index is -0.706. The fourth-order valence-electron chi connectivity index (χ4n) is 7.60. The summed E-state index contributed by atoms with van der Waals surface area (Å²) >= 11 is 6.34. The van der Waals surface area contributed by atoms with Crippen LogP contribution in [0.5, 0.6) is 0 Å². The van der Waals surface area contributed by atoms with Crippen LogP contribution in [0.1, 0.15) is 52.7 Å². The van der Waals surface area contributed by atoms with Crippen molar-refractivity contribution in [3.8, 4) is 11.3 Å². The first-order valence-electron chi connectivity index (χ1n) is 14.9. The van der Waals surface area contributed by atoms with Crippen LogP contribution in [0.25, 0.3) is 11.3 Å². The van der Waals surface area contributed by atoms with Crippen LogP contribution in [0.4, 0.5) is 20.4 Å². The zero-order valence-electron chi connectivity index (χ0n) is 23.9. The number of aromatic nitrogens is 2. The zero-order chi connectivity index (χ0) is 30.2. The summed E-state index contributed by atoms with van der Waals surface area (Å²) in [4.78, 5) is 29.5. The monoisotopic (exact) mass is 610 g/mol. The number of aliphatic imine (C=N–C) groups is 1. The van der Waals surface area contributed by atoms with Crippen molar-refractivity contribution in [3.05, 3.63) is 106 Å². The first-order valence-corrected chi connectivity index (χ1v) is 15.3. The van der Waals surface area contributed by atoms with Crippen LogP contribution in [-0.2, 0) is 6.54 Å². The minimum Gasteiger partial charge on any atom is -0.325 e. The number of nitrogens with one attached hydrogen (secondary N) is 2. The molecule has 8 rings (SSSR count). The molecule has 2 aliphatic carbocycles. The van der Waals surface area contributed by atoms with Gasteiger partial charge in [-0.25, -0.2) is 18.7 Å². The smallest absolute Gasteiger partial charge is 0.254 e. The van der Waals surface area contributed by atoms with Gasteiger partial charge in [-0.15, -0.1) is 0 Å². The molecule has 2 saturated carbocycles. The molecule has 7 nitrogen and oxygen atoms in total. The Morgan fingerprint density at radius 2 is 1.84 bits per heavy atom. The first kappa shape index (κ1) is 27.3. The van der Waals surface area contributed by atoms with Gasteiger partial charge in [0.05, 0.1) is 35.1 Å². The topological polar surface area (TPSA) is 82.3 Å². The van der Waals surface area contributed by atoms with E-state index in [4.69, 9.17) is 16.6 Å². The normalized spacial score (nSPS) is 24.5. The summed E-state index contributed by atoms with van der Waals surface area (Å²) in [6, 6.07) is 17.1. The Kier molecular flexibility index (Phi) is 6.32. The number of hydrogen-bond donors (Lipinski definition) is 2. The quantitative estimate of drug-likeness (QED) is 0.251. The molecule has 4 atom stereocenters. The van der Waals surface area contributed by atoms with Gasteiger partial charge in [-0.1, -0.05) is 23.7 Å². The maximum absolute atomic E-state index is 14.9. The highest BCUT2D eigenvalue weighted by molar-refractivity contribution is 6.31. The minimum absolute atomic E-state index is 0.0825. The van der Waals surface area contributed by atoms with Crippen molar-refractivity contribution in [2.24, 2.45) is 10.9 Å². The van der Waals surface area contributed by atoms with E-state index in [0.29, 0.717) is 56.9 Å². The van der Waals surface area contributed by atoms with Crippen LogP contribution in [0.3, 0.4) is 0 Å². The zero-order valence-corrected chi connectivity index (χ0v) is 24.7. The third kappa shape index (κ3) is 4.17. The highest BCUT2D eigenvalue weighted by atomic mass is 35.5. The second-order valence-corrected chi connectivity index (χ2v) is 12.5. The maximum Gasteiger partial charge on any atom is 0.254 e. The third-order valence-electron chi connectivity index (χ3n) is 9.93. The number of halogens is 3. The Morgan fingerprint density at radius 1 is 1.05 bits per heavy atom. The number of carbonyl (C=O) groups excluding carboxylic acids is 1. The van der Waals surface area contributed by atoms with Gasteiger partial charge < -0.3 is 15.5 Å². The second kappa shape index (κ2) is 10.2. The van der Waals surface area contributed by atoms with Crippen LogP contribution < -0.4 is 10.6 Å². The molecule has 2 N–H and O–H groups in total. The van der Waals surface area contributed by atoms with E-state index >= 15 is 0 Å². The van der Waals surface area contributed by atoms with E-state index in [2.05, 4.69) is 25.5 Å². The number of benzene rings is 3. The van der Waals surface area contributed by atoms with Crippen molar-refractivity contribution in [2.75, 3.05) is 12.4 Å². The summed E-state index contributed by atoms with van der Waals surface area (Å²) in [7, 11) is 2.01. The van der Waals surface area contributed by atoms with E-state index in [1.165, 1.54) is 24.6 Å². The predicted molar refractivity (Wildman–Crippen MR) is 165 cm³/mol. The number of amides is 1. The molecule has 0 bridgehead atoms. The maximum atomic E-state index is 14.9. The van der Waals surface area contributed by atoms with Gasteiger partial charge in [-0.3, -0.25) is 9.79 Å². The number of nitrogens with zero attached hydrogens (tertiary/aromatic N) is 4. The van der Waals surface area contributed by atoms with E-state index in [1.807, 2.05) is 31.3 Å². The summed E-state index contributed by atoms with van der Waals surface area (Å²) in [6.07, 6.45) is 6.14. The molecule has 222 valence electrons. The molecule has 1 amide bonds. The molecule has 0 radical (unpaired) electrons. The molecule has 4 aromatic rings. The fraction of sp³-hybridized carbons (Fsp3) is 0.294. The van der Waals surface area contributed by atoms with Gasteiger partial charge in [0.15, 0.2) is 0 Å². The van der Waals surface area contributed by atoms with Crippen LogP contribution in [0.2, 0.25) is 5.02 Å². The Morgan fingerprint density at radius 3 is 2.57 bits per heavy atom. The van der Waals surface area contributed by atoms with Gasteiger partial charge in [0.1, 0.15) is 11.6 Å². The molecule has 4 aliphatic rings. The van der Waals surface area contributed by atoms with Crippen molar-refractivity contribution in [1.29, 1.82) is 0 Å². The highest BCUT2D eigenvalue weighted by Crippen LogP contribution is 2.65. The van der Waals surface area contributed by atoms with E-state index in [1.54, 1.807) is 24.4 Å². The lowest BCUT2D eigenvalue weighted by atomic mass is 9.63.